The van der Waals surface area contributed by atoms with Crippen molar-refractivity contribution in [3.05, 3.63) is 28.8 Å². The standard InChI is InChI=1S/C12H18ClN3O4S/c1-15(2)6-7-16(3)12(17)9-4-5-10(13)11(8-9)21(19,20)14-18/h4-5,8,14,18H,6-7H2,1-3H3. The van der Waals surface area contributed by atoms with Crippen LogP contribution in [-0.4, -0.2) is 63.6 Å². The van der Waals surface area contributed by atoms with E-state index in [1.807, 2.05) is 19.0 Å². The van der Waals surface area contributed by atoms with E-state index in [1.165, 1.54) is 21.9 Å². The van der Waals surface area contributed by atoms with Gasteiger partial charge in [-0.1, -0.05) is 16.5 Å². The molecule has 0 unspecified atom stereocenters. The number of sulfonamides is 1. The van der Waals surface area contributed by atoms with Crippen LogP contribution in [0.5, 0.6) is 0 Å². The first-order valence-electron chi connectivity index (χ1n) is 6.04. The Morgan fingerprint density at radius 2 is 1.90 bits per heavy atom. The summed E-state index contributed by atoms with van der Waals surface area (Å²) in [6.07, 6.45) is 0. The molecule has 2 N–H and O–H groups in total. The SMILES string of the molecule is CN(C)CCN(C)C(=O)c1ccc(Cl)c(S(=O)(=O)NO)c1. The summed E-state index contributed by atoms with van der Waals surface area (Å²) in [7, 11) is 1.26. The fourth-order valence-electron chi connectivity index (χ4n) is 1.56. The maximum Gasteiger partial charge on any atom is 0.263 e. The van der Waals surface area contributed by atoms with Gasteiger partial charge in [-0.05, 0) is 32.3 Å². The van der Waals surface area contributed by atoms with Gasteiger partial charge in [0.05, 0.1) is 5.02 Å². The van der Waals surface area contributed by atoms with Crippen LogP contribution < -0.4 is 4.89 Å². The number of likely N-dealkylation sites (N-methyl/N-ethyl adjacent to an activating group) is 2. The Bertz CT molecular complexity index is 619. The summed E-state index contributed by atoms with van der Waals surface area (Å²) in [5.41, 5.74) is 0.175. The van der Waals surface area contributed by atoms with Crippen LogP contribution in [-0.2, 0) is 10.0 Å². The van der Waals surface area contributed by atoms with Gasteiger partial charge in [0.1, 0.15) is 4.90 Å². The zero-order valence-electron chi connectivity index (χ0n) is 12.0. The highest BCUT2D eigenvalue weighted by Crippen LogP contribution is 2.22. The maximum atomic E-state index is 12.2. The van der Waals surface area contributed by atoms with Crippen molar-refractivity contribution >= 4 is 27.5 Å². The van der Waals surface area contributed by atoms with Crippen molar-refractivity contribution in [2.24, 2.45) is 0 Å². The van der Waals surface area contributed by atoms with E-state index >= 15 is 0 Å². The lowest BCUT2D eigenvalue weighted by molar-refractivity contribution is 0.0786. The van der Waals surface area contributed by atoms with Crippen LogP contribution in [0.15, 0.2) is 23.1 Å². The second-order valence-electron chi connectivity index (χ2n) is 4.77. The zero-order valence-corrected chi connectivity index (χ0v) is 13.6. The van der Waals surface area contributed by atoms with Crippen molar-refractivity contribution in [2.75, 3.05) is 34.2 Å². The predicted molar refractivity (Wildman–Crippen MR) is 79.1 cm³/mol. The number of nitrogens with one attached hydrogen (secondary N) is 1. The topological polar surface area (TPSA) is 90.0 Å². The smallest absolute Gasteiger partial charge is 0.263 e. The predicted octanol–water partition coefficient (Wildman–Crippen LogP) is 0.641. The van der Waals surface area contributed by atoms with E-state index in [0.29, 0.717) is 13.1 Å². The molecule has 0 heterocycles. The molecule has 0 aliphatic heterocycles. The molecule has 0 fully saturated rings. The third-order valence-corrected chi connectivity index (χ3v) is 4.42. The van der Waals surface area contributed by atoms with Crippen LogP contribution in [0.2, 0.25) is 5.02 Å². The summed E-state index contributed by atoms with van der Waals surface area (Å²) in [4.78, 5) is 16.5. The number of hydrogen-bond acceptors (Lipinski definition) is 5. The van der Waals surface area contributed by atoms with E-state index in [2.05, 4.69) is 0 Å². The van der Waals surface area contributed by atoms with Crippen LogP contribution in [0, 0.1) is 0 Å². The quantitative estimate of drug-likeness (QED) is 0.745. The fourth-order valence-corrected chi connectivity index (χ4v) is 2.69. The molecule has 0 atom stereocenters. The van der Waals surface area contributed by atoms with E-state index < -0.39 is 10.0 Å². The molecule has 0 saturated heterocycles. The van der Waals surface area contributed by atoms with Gasteiger partial charge in [-0.2, -0.15) is 0 Å². The molecule has 0 aliphatic carbocycles. The van der Waals surface area contributed by atoms with Gasteiger partial charge in [0, 0.05) is 25.7 Å². The van der Waals surface area contributed by atoms with E-state index in [1.54, 1.807) is 7.05 Å². The molecular formula is C12H18ClN3O4S. The monoisotopic (exact) mass is 335 g/mol. The molecule has 0 aliphatic rings. The molecule has 0 saturated carbocycles. The number of benzene rings is 1. The first-order valence-corrected chi connectivity index (χ1v) is 7.91. The number of carbonyl (C=O) groups is 1. The Balaban J connectivity index is 3.04. The molecular weight excluding hydrogens is 318 g/mol. The number of amides is 1. The molecule has 118 valence electrons. The summed E-state index contributed by atoms with van der Waals surface area (Å²) in [6.45, 7) is 1.17. The number of hydrogen-bond donors (Lipinski definition) is 2. The summed E-state index contributed by atoms with van der Waals surface area (Å²) in [5.74, 6) is -0.331. The molecule has 1 rings (SSSR count). The number of nitrogens with zero attached hydrogens (tertiary/aromatic N) is 2. The third kappa shape index (κ3) is 4.65. The highest BCUT2D eigenvalue weighted by atomic mass is 35.5. The minimum Gasteiger partial charge on any atom is -0.340 e. The van der Waals surface area contributed by atoms with E-state index in [9.17, 15) is 13.2 Å². The number of rotatable bonds is 6. The zero-order chi connectivity index (χ0) is 16.2. The van der Waals surface area contributed by atoms with Crippen molar-refractivity contribution in [3.63, 3.8) is 0 Å². The minimum absolute atomic E-state index is 0.0796. The van der Waals surface area contributed by atoms with Gasteiger partial charge in [0.2, 0.25) is 0 Å². The highest BCUT2D eigenvalue weighted by molar-refractivity contribution is 7.89. The Hall–Kier alpha value is -1.19. The summed E-state index contributed by atoms with van der Waals surface area (Å²) in [6, 6.07) is 3.88. The number of carbonyl (C=O) groups excluding carboxylic acids is 1. The average molecular weight is 336 g/mol. The van der Waals surface area contributed by atoms with Crippen LogP contribution in [0.25, 0.3) is 0 Å². The first kappa shape index (κ1) is 17.9. The molecule has 1 aromatic rings. The maximum absolute atomic E-state index is 12.2. The van der Waals surface area contributed by atoms with Crippen molar-refractivity contribution < 1.29 is 18.4 Å². The van der Waals surface area contributed by atoms with E-state index in [-0.39, 0.29) is 21.4 Å². The Kier molecular flexibility index (Phi) is 6.11. The molecule has 21 heavy (non-hydrogen) atoms. The second kappa shape index (κ2) is 7.19. The van der Waals surface area contributed by atoms with E-state index in [0.717, 1.165) is 6.07 Å². The molecule has 1 amide bonds. The van der Waals surface area contributed by atoms with Gasteiger partial charge >= 0.3 is 0 Å². The lowest BCUT2D eigenvalue weighted by Crippen LogP contribution is -2.33. The van der Waals surface area contributed by atoms with Crippen LogP contribution in [0.3, 0.4) is 0 Å². The van der Waals surface area contributed by atoms with Gasteiger partial charge in [-0.15, -0.1) is 0 Å². The molecule has 0 bridgehead atoms. The van der Waals surface area contributed by atoms with Crippen molar-refractivity contribution in [1.82, 2.24) is 14.7 Å². The first-order chi connectivity index (χ1) is 9.69. The van der Waals surface area contributed by atoms with Gasteiger partial charge in [-0.25, -0.2) is 8.42 Å². The lowest BCUT2D eigenvalue weighted by Gasteiger charge is -2.20. The minimum atomic E-state index is -4.14. The van der Waals surface area contributed by atoms with Crippen LogP contribution in [0.1, 0.15) is 10.4 Å². The Morgan fingerprint density at radius 1 is 1.29 bits per heavy atom. The van der Waals surface area contributed by atoms with Gasteiger partial charge < -0.3 is 15.0 Å². The second-order valence-corrected chi connectivity index (χ2v) is 6.81. The normalized spacial score (nSPS) is 11.7. The highest BCUT2D eigenvalue weighted by Gasteiger charge is 2.20. The summed E-state index contributed by atoms with van der Waals surface area (Å²) >= 11 is 5.78. The van der Waals surface area contributed by atoms with Crippen molar-refractivity contribution in [3.8, 4) is 0 Å². The van der Waals surface area contributed by atoms with Crippen molar-refractivity contribution in [2.45, 2.75) is 4.90 Å². The molecule has 7 nitrogen and oxygen atoms in total. The third-order valence-electron chi connectivity index (χ3n) is 2.82. The molecule has 0 spiro atoms. The summed E-state index contributed by atoms with van der Waals surface area (Å²) < 4.78 is 23.2. The molecule has 0 radical (unpaired) electrons. The largest absolute Gasteiger partial charge is 0.340 e. The van der Waals surface area contributed by atoms with Gasteiger partial charge in [-0.3, -0.25) is 4.79 Å². The Labute approximate surface area is 129 Å². The fraction of sp³-hybridized carbons (Fsp3) is 0.417. The molecule has 9 heteroatoms. The summed E-state index contributed by atoms with van der Waals surface area (Å²) in [5, 5.41) is 8.58. The molecule has 1 aromatic carbocycles. The molecule has 0 aromatic heterocycles. The van der Waals surface area contributed by atoms with Gasteiger partial charge in [0.15, 0.2) is 0 Å². The lowest BCUT2D eigenvalue weighted by atomic mass is 10.2. The average Bonchev–Trinajstić information content (AvgIpc) is 2.44. The van der Waals surface area contributed by atoms with E-state index in [4.69, 9.17) is 16.8 Å². The van der Waals surface area contributed by atoms with Gasteiger partial charge in [0.25, 0.3) is 15.9 Å². The van der Waals surface area contributed by atoms with Crippen LogP contribution >= 0.6 is 11.6 Å². The Morgan fingerprint density at radius 3 is 2.43 bits per heavy atom. The van der Waals surface area contributed by atoms with Crippen molar-refractivity contribution in [1.29, 1.82) is 0 Å². The van der Waals surface area contributed by atoms with Crippen LogP contribution in [0.4, 0.5) is 0 Å². The number of halogens is 1.